The Labute approximate surface area is 191 Å². The predicted octanol–water partition coefficient (Wildman–Crippen LogP) is 6.52. The molecule has 0 spiro atoms. The van der Waals surface area contributed by atoms with Gasteiger partial charge < -0.3 is 10.2 Å². The molecule has 0 radical (unpaired) electrons. The van der Waals surface area contributed by atoms with Gasteiger partial charge in [-0.1, -0.05) is 26.3 Å². The molecule has 3 unspecified atom stereocenters. The minimum Gasteiger partial charge on any atom is -0.390 e. The molecule has 2 fully saturated rings. The van der Waals surface area contributed by atoms with Crippen LogP contribution in [0.3, 0.4) is 0 Å². The molecule has 3 nitrogen and oxygen atoms in total. The van der Waals surface area contributed by atoms with E-state index < -0.39 is 29.0 Å². The van der Waals surface area contributed by atoms with Gasteiger partial charge in [-0.15, -0.1) is 0 Å². The Morgan fingerprint density at radius 2 is 1.58 bits per heavy atom. The molecule has 9 heteroatoms. The van der Waals surface area contributed by atoms with E-state index in [0.717, 1.165) is 18.9 Å². The molecule has 0 bridgehead atoms. The lowest BCUT2D eigenvalue weighted by Gasteiger charge is -2.48. The number of carbonyl (C=O) groups is 1. The van der Waals surface area contributed by atoms with E-state index in [0.29, 0.717) is 38.5 Å². The summed E-state index contributed by atoms with van der Waals surface area (Å²) in [5, 5.41) is 19.6. The molecule has 0 aromatic carbocycles. The summed E-state index contributed by atoms with van der Waals surface area (Å²) in [5.41, 5.74) is -6.93. The van der Waals surface area contributed by atoms with Crippen LogP contribution in [0.25, 0.3) is 0 Å². The average molecular weight is 487 g/mol. The van der Waals surface area contributed by atoms with Crippen molar-refractivity contribution in [3.05, 3.63) is 12.2 Å². The zero-order chi connectivity index (χ0) is 25.5. The van der Waals surface area contributed by atoms with E-state index in [1.165, 1.54) is 0 Å². The van der Waals surface area contributed by atoms with Crippen molar-refractivity contribution in [1.29, 1.82) is 0 Å². The summed E-state index contributed by atoms with van der Waals surface area (Å²) in [6.45, 7) is 7.15. The first-order valence-electron chi connectivity index (χ1n) is 11.6. The van der Waals surface area contributed by atoms with Crippen molar-refractivity contribution >= 4 is 5.78 Å². The molecule has 2 saturated carbocycles. The Kier molecular flexibility index (Phi) is 7.82. The van der Waals surface area contributed by atoms with Crippen LogP contribution < -0.4 is 0 Å². The van der Waals surface area contributed by atoms with Gasteiger partial charge in [0.25, 0.3) is 5.60 Å². The maximum atomic E-state index is 13.1. The number of halogens is 6. The molecule has 0 aromatic rings. The van der Waals surface area contributed by atoms with E-state index >= 15 is 0 Å². The van der Waals surface area contributed by atoms with E-state index in [1.54, 1.807) is 13.8 Å². The predicted molar refractivity (Wildman–Crippen MR) is 112 cm³/mol. The first kappa shape index (κ1) is 28.1. The maximum absolute atomic E-state index is 13.1. The minimum absolute atomic E-state index is 0.0735. The lowest BCUT2D eigenvalue weighted by atomic mass is 9.56. The fraction of sp³-hybridized carbons (Fsp3) is 0.875. The molecule has 192 valence electrons. The van der Waals surface area contributed by atoms with Crippen LogP contribution in [0.2, 0.25) is 0 Å². The van der Waals surface area contributed by atoms with Crippen molar-refractivity contribution in [3.63, 3.8) is 0 Å². The molecular formula is C24H36F6O3. The smallest absolute Gasteiger partial charge is 0.390 e. The number of allylic oxidation sites excluding steroid dienone is 1. The number of ketones is 1. The molecule has 0 amide bonds. The van der Waals surface area contributed by atoms with Gasteiger partial charge in [0.05, 0.1) is 5.60 Å². The summed E-state index contributed by atoms with van der Waals surface area (Å²) in [7, 11) is 0. The molecule has 2 rings (SSSR count). The van der Waals surface area contributed by atoms with E-state index in [4.69, 9.17) is 0 Å². The quantitative estimate of drug-likeness (QED) is 0.303. The highest BCUT2D eigenvalue weighted by Crippen LogP contribution is 2.61. The molecule has 2 aliphatic carbocycles. The largest absolute Gasteiger partial charge is 0.429 e. The van der Waals surface area contributed by atoms with E-state index in [-0.39, 0.29) is 35.5 Å². The fourth-order valence-electron chi connectivity index (χ4n) is 6.27. The highest BCUT2D eigenvalue weighted by molar-refractivity contribution is 5.83. The maximum Gasteiger partial charge on any atom is 0.429 e. The third-order valence-corrected chi connectivity index (χ3v) is 8.05. The van der Waals surface area contributed by atoms with E-state index in [9.17, 15) is 41.4 Å². The first-order chi connectivity index (χ1) is 14.8. The summed E-state index contributed by atoms with van der Waals surface area (Å²) in [6.07, 6.45) is -6.52. The van der Waals surface area contributed by atoms with Gasteiger partial charge in [-0.25, -0.2) is 0 Å². The lowest BCUT2D eigenvalue weighted by molar-refractivity contribution is -0.347. The normalized spacial score (nSPS) is 29.4. The van der Waals surface area contributed by atoms with Crippen LogP contribution >= 0.6 is 0 Å². The molecule has 2 aliphatic rings. The van der Waals surface area contributed by atoms with Crippen molar-refractivity contribution in [2.75, 3.05) is 0 Å². The van der Waals surface area contributed by atoms with Crippen LogP contribution in [0.5, 0.6) is 0 Å². The fourth-order valence-corrected chi connectivity index (χ4v) is 6.27. The molecule has 2 N–H and O–H groups in total. The van der Waals surface area contributed by atoms with Crippen LogP contribution in [0.4, 0.5) is 26.3 Å². The molecule has 0 heterocycles. The SMILES string of the molecule is CC(C)(O)CCCC(C)(C/C=C\C(O)(C(F)(F)F)C(F)(F)F)C1CCC2C(=O)CCC[C@@]21C. The van der Waals surface area contributed by atoms with E-state index in [1.807, 2.05) is 13.8 Å². The van der Waals surface area contributed by atoms with Crippen molar-refractivity contribution in [1.82, 2.24) is 0 Å². The van der Waals surface area contributed by atoms with Crippen molar-refractivity contribution in [2.24, 2.45) is 22.7 Å². The zero-order valence-electron chi connectivity index (χ0n) is 19.7. The Morgan fingerprint density at radius 1 is 1.00 bits per heavy atom. The lowest BCUT2D eigenvalue weighted by Crippen LogP contribution is -2.55. The molecular weight excluding hydrogens is 450 g/mol. The van der Waals surface area contributed by atoms with Gasteiger partial charge >= 0.3 is 12.4 Å². The second kappa shape index (κ2) is 9.17. The second-order valence-electron chi connectivity index (χ2n) is 11.2. The summed E-state index contributed by atoms with van der Waals surface area (Å²) in [5.74, 6) is -0.0316. The molecule has 0 aromatic heterocycles. The number of fused-ring (bicyclic) bond motifs is 1. The third-order valence-electron chi connectivity index (χ3n) is 8.05. The highest BCUT2D eigenvalue weighted by atomic mass is 19.4. The summed E-state index contributed by atoms with van der Waals surface area (Å²) < 4.78 is 78.6. The van der Waals surface area contributed by atoms with Crippen molar-refractivity contribution in [2.45, 2.75) is 109 Å². The number of Topliss-reactive ketones (excluding diaryl/α,β-unsaturated/α-hetero) is 1. The molecule has 0 saturated heterocycles. The van der Waals surface area contributed by atoms with Crippen LogP contribution in [0.1, 0.15) is 85.5 Å². The third kappa shape index (κ3) is 5.77. The zero-order valence-corrected chi connectivity index (χ0v) is 19.7. The van der Waals surface area contributed by atoms with Crippen LogP contribution in [-0.4, -0.2) is 39.6 Å². The van der Waals surface area contributed by atoms with E-state index in [2.05, 4.69) is 0 Å². The topological polar surface area (TPSA) is 57.5 Å². The van der Waals surface area contributed by atoms with Gasteiger partial charge in [0.1, 0.15) is 5.78 Å². The summed E-state index contributed by atoms with van der Waals surface area (Å²) >= 11 is 0. The number of aliphatic hydroxyl groups is 2. The Bertz CT molecular complexity index is 722. The number of rotatable bonds is 8. The van der Waals surface area contributed by atoms with Gasteiger partial charge in [-0.3, -0.25) is 4.79 Å². The minimum atomic E-state index is -5.90. The van der Waals surface area contributed by atoms with Crippen LogP contribution in [0.15, 0.2) is 12.2 Å². The van der Waals surface area contributed by atoms with Crippen molar-refractivity contribution in [3.8, 4) is 0 Å². The average Bonchev–Trinajstić information content (AvgIpc) is 2.97. The number of hydrogen-bond acceptors (Lipinski definition) is 3. The number of alkyl halides is 6. The first-order valence-corrected chi connectivity index (χ1v) is 11.6. The summed E-state index contributed by atoms with van der Waals surface area (Å²) in [6, 6.07) is 0. The Hall–Kier alpha value is -1.09. The van der Waals surface area contributed by atoms with Crippen LogP contribution in [0, 0.1) is 22.7 Å². The summed E-state index contributed by atoms with van der Waals surface area (Å²) in [4.78, 5) is 12.5. The Morgan fingerprint density at radius 3 is 2.09 bits per heavy atom. The van der Waals surface area contributed by atoms with Gasteiger partial charge in [0.15, 0.2) is 0 Å². The Balaban J connectivity index is 2.36. The van der Waals surface area contributed by atoms with Gasteiger partial charge in [0.2, 0.25) is 0 Å². The number of carbonyl (C=O) groups excluding carboxylic acids is 1. The van der Waals surface area contributed by atoms with Gasteiger partial charge in [-0.2, -0.15) is 26.3 Å². The van der Waals surface area contributed by atoms with Gasteiger partial charge in [0, 0.05) is 12.3 Å². The number of hydrogen-bond donors (Lipinski definition) is 2. The van der Waals surface area contributed by atoms with Gasteiger partial charge in [-0.05, 0) is 81.6 Å². The van der Waals surface area contributed by atoms with Crippen molar-refractivity contribution < 1.29 is 41.4 Å². The molecule has 33 heavy (non-hydrogen) atoms. The molecule has 4 atom stereocenters. The highest BCUT2D eigenvalue weighted by Gasteiger charge is 2.69. The molecule has 0 aliphatic heterocycles. The standard InChI is InChI=1S/C24H36F6O3/c1-19(2,32)11-6-12-20(3,13-7-15-22(33,23(25,26)27)24(28,29)30)18-10-9-16-17(31)8-5-14-21(16,18)4/h7,15-16,18,32-33H,5-6,8-14H2,1-4H3/b15-7-/t16?,18?,20?,21-/m0/s1. The monoisotopic (exact) mass is 486 g/mol. The van der Waals surface area contributed by atoms with Crippen LogP contribution in [-0.2, 0) is 4.79 Å². The second-order valence-corrected chi connectivity index (χ2v) is 11.2.